The maximum absolute atomic E-state index is 11.0. The fourth-order valence-corrected chi connectivity index (χ4v) is 3.93. The quantitative estimate of drug-likeness (QED) is 0.409. The topological polar surface area (TPSA) is 81.0 Å². The van der Waals surface area contributed by atoms with Gasteiger partial charge in [-0.3, -0.25) is 9.78 Å². The van der Waals surface area contributed by atoms with Gasteiger partial charge in [0.1, 0.15) is 12.4 Å². The fourth-order valence-electron chi connectivity index (χ4n) is 3.93. The van der Waals surface area contributed by atoms with Crippen molar-refractivity contribution in [2.24, 2.45) is 5.16 Å². The van der Waals surface area contributed by atoms with Crippen molar-refractivity contribution >= 4 is 11.7 Å². The van der Waals surface area contributed by atoms with Crippen LogP contribution in [0.25, 0.3) is 11.3 Å². The van der Waals surface area contributed by atoms with E-state index in [2.05, 4.69) is 28.3 Å². The lowest BCUT2D eigenvalue weighted by atomic mass is 9.88. The highest BCUT2D eigenvalue weighted by molar-refractivity contribution is 6.02. The van der Waals surface area contributed by atoms with Crippen molar-refractivity contribution in [2.45, 2.75) is 32.6 Å². The number of carboxylic acid groups (broad SMARTS) is 1. The lowest BCUT2D eigenvalue weighted by molar-refractivity contribution is -0.136. The maximum atomic E-state index is 11.0. The highest BCUT2D eigenvalue weighted by Crippen LogP contribution is 2.27. The Morgan fingerprint density at radius 1 is 1.09 bits per heavy atom. The molecule has 32 heavy (non-hydrogen) atoms. The van der Waals surface area contributed by atoms with Gasteiger partial charge in [-0.25, -0.2) is 0 Å². The van der Waals surface area contributed by atoms with Crippen molar-refractivity contribution in [3.05, 3.63) is 83.0 Å². The zero-order valence-electron chi connectivity index (χ0n) is 18.1. The van der Waals surface area contributed by atoms with Crippen LogP contribution in [-0.4, -0.2) is 35.0 Å². The van der Waals surface area contributed by atoms with Gasteiger partial charge in [0.15, 0.2) is 6.61 Å². The lowest BCUT2D eigenvalue weighted by Gasteiger charge is -2.18. The molecular formula is C26H26N2O4. The predicted molar refractivity (Wildman–Crippen MR) is 123 cm³/mol. The number of benzene rings is 2. The van der Waals surface area contributed by atoms with Crippen LogP contribution in [0.1, 0.15) is 35.1 Å². The molecule has 1 aromatic heterocycles. The molecule has 4 rings (SSSR count). The second-order valence-corrected chi connectivity index (χ2v) is 7.77. The number of pyridine rings is 1. The molecule has 1 N–H and O–H groups in total. The van der Waals surface area contributed by atoms with E-state index >= 15 is 0 Å². The molecule has 0 fully saturated rings. The van der Waals surface area contributed by atoms with Gasteiger partial charge in [-0.2, -0.15) is 0 Å². The van der Waals surface area contributed by atoms with Gasteiger partial charge in [0.2, 0.25) is 0 Å². The van der Waals surface area contributed by atoms with E-state index in [9.17, 15) is 4.79 Å². The number of ether oxygens (including phenoxy) is 1. The number of hydrogen-bond acceptors (Lipinski definition) is 5. The minimum Gasteiger partial charge on any atom is -0.490 e. The third-order valence-corrected chi connectivity index (χ3v) is 5.58. The molecule has 0 saturated carbocycles. The molecule has 3 aromatic rings. The summed E-state index contributed by atoms with van der Waals surface area (Å²) in [4.78, 5) is 21.0. The molecule has 1 aliphatic rings. The minimum absolute atomic E-state index is 0.0192. The Morgan fingerprint density at radius 2 is 2.00 bits per heavy atom. The first-order valence-corrected chi connectivity index (χ1v) is 10.8. The van der Waals surface area contributed by atoms with Gasteiger partial charge < -0.3 is 14.7 Å². The summed E-state index contributed by atoms with van der Waals surface area (Å²) in [5.41, 5.74) is 7.03. The van der Waals surface area contributed by atoms with Crippen LogP contribution in [0.5, 0.6) is 5.75 Å². The van der Waals surface area contributed by atoms with Crippen molar-refractivity contribution in [3.8, 4) is 17.0 Å². The lowest BCUT2D eigenvalue weighted by Crippen LogP contribution is -2.14. The van der Waals surface area contributed by atoms with Crippen LogP contribution in [0.3, 0.4) is 0 Å². The van der Waals surface area contributed by atoms with Crippen LogP contribution < -0.4 is 4.74 Å². The van der Waals surface area contributed by atoms with E-state index in [1.165, 1.54) is 5.56 Å². The fraction of sp³-hybridized carbons (Fsp3) is 0.269. The summed E-state index contributed by atoms with van der Waals surface area (Å²) in [7, 11) is 0. The molecule has 6 nitrogen and oxygen atoms in total. The van der Waals surface area contributed by atoms with Crippen molar-refractivity contribution in [3.63, 3.8) is 0 Å². The second-order valence-electron chi connectivity index (χ2n) is 7.77. The molecule has 0 aliphatic heterocycles. The third-order valence-electron chi connectivity index (χ3n) is 5.58. The Morgan fingerprint density at radius 3 is 2.81 bits per heavy atom. The Bertz CT molecular complexity index is 1130. The van der Waals surface area contributed by atoms with Crippen molar-refractivity contribution in [1.29, 1.82) is 0 Å². The maximum Gasteiger partial charge on any atom is 0.307 e. The molecular weight excluding hydrogens is 404 g/mol. The number of hydrogen-bond donors (Lipinski definition) is 1. The van der Waals surface area contributed by atoms with E-state index in [1.807, 2.05) is 37.4 Å². The van der Waals surface area contributed by atoms with E-state index in [1.54, 1.807) is 12.1 Å². The van der Waals surface area contributed by atoms with Gasteiger partial charge >= 0.3 is 5.97 Å². The summed E-state index contributed by atoms with van der Waals surface area (Å²) >= 11 is 0. The van der Waals surface area contributed by atoms with Gasteiger partial charge in [-0.1, -0.05) is 35.5 Å². The molecule has 0 amide bonds. The van der Waals surface area contributed by atoms with E-state index in [0.29, 0.717) is 19.0 Å². The average Bonchev–Trinajstić information content (AvgIpc) is 2.81. The monoisotopic (exact) mass is 430 g/mol. The molecule has 0 radical (unpaired) electrons. The standard InChI is InChI=1S/C26H26N2O4/c1-18-19(17-26(29)30)6-5-10-25(18)31-14-15-32-28-24-9-4-7-20-16-21(11-12-22(20)24)23-8-2-3-13-27-23/h2-3,5-6,8,10-13,16H,4,7,9,14-15,17H2,1H3,(H,29,30). The Hall–Kier alpha value is -3.67. The highest BCUT2D eigenvalue weighted by Gasteiger charge is 2.17. The first-order valence-electron chi connectivity index (χ1n) is 10.8. The summed E-state index contributed by atoms with van der Waals surface area (Å²) in [5.74, 6) is -0.186. The number of aliphatic carboxylic acids is 1. The third kappa shape index (κ3) is 5.14. The number of oxime groups is 1. The molecule has 0 unspecified atom stereocenters. The number of carbonyl (C=O) groups is 1. The second kappa shape index (κ2) is 10.1. The normalized spacial score (nSPS) is 14.1. The van der Waals surface area contributed by atoms with Crippen LogP contribution in [-0.2, 0) is 22.5 Å². The van der Waals surface area contributed by atoms with Crippen LogP contribution in [0, 0.1) is 6.92 Å². The highest BCUT2D eigenvalue weighted by atomic mass is 16.6. The summed E-state index contributed by atoms with van der Waals surface area (Å²) < 4.78 is 5.79. The Kier molecular flexibility index (Phi) is 6.80. The molecule has 2 aromatic carbocycles. The number of rotatable bonds is 8. The van der Waals surface area contributed by atoms with E-state index in [0.717, 1.165) is 52.9 Å². The smallest absolute Gasteiger partial charge is 0.307 e. The summed E-state index contributed by atoms with van der Waals surface area (Å²) in [6.45, 7) is 2.51. The van der Waals surface area contributed by atoms with Gasteiger partial charge in [0.05, 0.1) is 17.8 Å². The number of aryl methyl sites for hydroxylation is 1. The Balaban J connectivity index is 1.36. The predicted octanol–water partition coefficient (Wildman–Crippen LogP) is 4.82. The van der Waals surface area contributed by atoms with E-state index in [-0.39, 0.29) is 6.42 Å². The van der Waals surface area contributed by atoms with Crippen molar-refractivity contribution in [2.75, 3.05) is 13.2 Å². The zero-order chi connectivity index (χ0) is 22.3. The zero-order valence-corrected chi connectivity index (χ0v) is 18.1. The molecule has 0 spiro atoms. The van der Waals surface area contributed by atoms with Gasteiger partial charge in [0, 0.05) is 17.3 Å². The molecule has 0 bridgehead atoms. The number of aromatic nitrogens is 1. The van der Waals surface area contributed by atoms with Crippen LogP contribution in [0.15, 0.2) is 65.9 Å². The largest absolute Gasteiger partial charge is 0.490 e. The summed E-state index contributed by atoms with van der Waals surface area (Å²) in [6.07, 6.45) is 4.72. The minimum atomic E-state index is -0.857. The van der Waals surface area contributed by atoms with Crippen molar-refractivity contribution < 1.29 is 19.5 Å². The van der Waals surface area contributed by atoms with E-state index in [4.69, 9.17) is 14.7 Å². The van der Waals surface area contributed by atoms with Gasteiger partial charge in [-0.05, 0) is 67.1 Å². The molecule has 1 heterocycles. The van der Waals surface area contributed by atoms with Crippen LogP contribution in [0.2, 0.25) is 0 Å². The molecule has 0 atom stereocenters. The SMILES string of the molecule is Cc1c(CC(=O)O)cccc1OCCON=C1CCCc2cc(-c3ccccn3)ccc21. The average molecular weight is 431 g/mol. The molecule has 164 valence electrons. The van der Waals surface area contributed by atoms with Crippen LogP contribution >= 0.6 is 0 Å². The molecule has 6 heteroatoms. The van der Waals surface area contributed by atoms with Gasteiger partial charge in [0.25, 0.3) is 0 Å². The Labute approximate surface area is 187 Å². The van der Waals surface area contributed by atoms with Crippen molar-refractivity contribution in [1.82, 2.24) is 4.98 Å². The summed E-state index contributed by atoms with van der Waals surface area (Å²) in [6, 6.07) is 17.8. The number of carboxylic acids is 1. The number of nitrogens with zero attached hydrogens (tertiary/aromatic N) is 2. The number of fused-ring (bicyclic) bond motifs is 1. The van der Waals surface area contributed by atoms with Crippen LogP contribution in [0.4, 0.5) is 0 Å². The summed E-state index contributed by atoms with van der Waals surface area (Å²) in [5, 5.41) is 13.4. The first-order chi connectivity index (χ1) is 15.6. The molecule has 1 aliphatic carbocycles. The first kappa shape index (κ1) is 21.6. The van der Waals surface area contributed by atoms with Gasteiger partial charge in [-0.15, -0.1) is 0 Å². The van der Waals surface area contributed by atoms with E-state index < -0.39 is 5.97 Å². The molecule has 0 saturated heterocycles.